The summed E-state index contributed by atoms with van der Waals surface area (Å²) in [6.45, 7) is 5.56. The molecule has 1 fully saturated rings. The molecule has 4 rings (SSSR count). The Kier molecular flexibility index (Phi) is 9.49. The van der Waals surface area contributed by atoms with E-state index in [0.717, 1.165) is 17.2 Å². The fourth-order valence-electron chi connectivity index (χ4n) is 5.07. The van der Waals surface area contributed by atoms with Crippen LogP contribution in [0.25, 0.3) is 11.1 Å². The van der Waals surface area contributed by atoms with Crippen molar-refractivity contribution in [2.75, 3.05) is 44.2 Å². The summed E-state index contributed by atoms with van der Waals surface area (Å²) in [5.74, 6) is -0.511. The van der Waals surface area contributed by atoms with E-state index in [0.29, 0.717) is 36.7 Å². The fourth-order valence-corrected chi connectivity index (χ4v) is 5.07. The maximum absolute atomic E-state index is 13.6. The molecule has 218 valence electrons. The van der Waals surface area contributed by atoms with Gasteiger partial charge in [-0.1, -0.05) is 25.1 Å². The number of halogens is 3. The number of nitrogens with one attached hydrogen (secondary N) is 1. The number of alkyl halides is 3. The van der Waals surface area contributed by atoms with Crippen molar-refractivity contribution >= 4 is 17.5 Å². The zero-order chi connectivity index (χ0) is 29.6. The maximum Gasteiger partial charge on any atom is 0.417 e. The van der Waals surface area contributed by atoms with Crippen LogP contribution in [-0.4, -0.2) is 67.1 Å². The number of nitrogens with zero attached hydrogens (tertiary/aromatic N) is 3. The van der Waals surface area contributed by atoms with Crippen LogP contribution in [0.1, 0.15) is 46.5 Å². The largest absolute Gasteiger partial charge is 0.478 e. The molecule has 1 atom stereocenters. The molecule has 1 aliphatic heterocycles. The highest BCUT2D eigenvalue weighted by Gasteiger charge is 2.38. The van der Waals surface area contributed by atoms with E-state index in [-0.39, 0.29) is 43.7 Å². The molecule has 0 saturated carbocycles. The summed E-state index contributed by atoms with van der Waals surface area (Å²) in [5, 5.41) is 2.84. The topological polar surface area (TPSA) is 101 Å². The first-order valence-corrected chi connectivity index (χ1v) is 13.6. The van der Waals surface area contributed by atoms with Crippen molar-refractivity contribution in [3.63, 3.8) is 0 Å². The first-order chi connectivity index (χ1) is 19.7. The number of carbonyl (C=O) groups is 2. The molecule has 11 heteroatoms. The van der Waals surface area contributed by atoms with Gasteiger partial charge in [0.15, 0.2) is 0 Å². The number of hydrogen-bond donors (Lipinski definition) is 2. The Morgan fingerprint density at radius 1 is 1.07 bits per heavy atom. The van der Waals surface area contributed by atoms with Crippen LogP contribution in [-0.2, 0) is 6.18 Å². The number of pyridine rings is 1. The van der Waals surface area contributed by atoms with Crippen molar-refractivity contribution in [3.8, 4) is 17.0 Å². The molecule has 8 nitrogen and oxygen atoms in total. The number of aromatic nitrogens is 1. The molecule has 3 N–H and O–H groups in total. The van der Waals surface area contributed by atoms with Crippen molar-refractivity contribution in [2.24, 2.45) is 5.73 Å². The molecule has 0 aliphatic carbocycles. The normalized spacial score (nSPS) is 15.5. The number of rotatable bonds is 9. The number of nitrogens with two attached hydrogens (primary N) is 1. The van der Waals surface area contributed by atoms with Crippen LogP contribution in [0.4, 0.5) is 18.9 Å². The lowest BCUT2D eigenvalue weighted by molar-refractivity contribution is -0.138. The molecular weight excluding hydrogens is 535 g/mol. The van der Waals surface area contributed by atoms with E-state index in [1.54, 1.807) is 18.3 Å². The summed E-state index contributed by atoms with van der Waals surface area (Å²) in [4.78, 5) is 34.4. The number of benzene rings is 2. The van der Waals surface area contributed by atoms with Gasteiger partial charge in [0.1, 0.15) is 0 Å². The summed E-state index contributed by atoms with van der Waals surface area (Å²) < 4.78 is 46.5. The van der Waals surface area contributed by atoms with Crippen LogP contribution >= 0.6 is 0 Å². The Labute approximate surface area is 237 Å². The number of anilines is 1. The average Bonchev–Trinajstić information content (AvgIpc) is 2.99. The van der Waals surface area contributed by atoms with Gasteiger partial charge in [-0.25, -0.2) is 4.98 Å². The minimum atomic E-state index is -4.64. The molecule has 2 aromatic carbocycles. The Morgan fingerprint density at radius 2 is 1.85 bits per heavy atom. The van der Waals surface area contributed by atoms with Crippen molar-refractivity contribution in [3.05, 3.63) is 77.5 Å². The summed E-state index contributed by atoms with van der Waals surface area (Å²) >= 11 is 0. The SMILES string of the molecule is CCOc1ncccc1-c1ccc(N2CCN(C(=O)c3ccccc3C(F)(F)F)C[C@H]2CC)c(C(=O)NCCN)c1. The van der Waals surface area contributed by atoms with Gasteiger partial charge in [0.25, 0.3) is 11.8 Å². The molecule has 1 aliphatic rings. The van der Waals surface area contributed by atoms with Gasteiger partial charge < -0.3 is 25.6 Å². The molecule has 3 aromatic rings. The lowest BCUT2D eigenvalue weighted by atomic mass is 9.98. The monoisotopic (exact) mass is 569 g/mol. The summed E-state index contributed by atoms with van der Waals surface area (Å²) in [7, 11) is 0. The third-order valence-corrected chi connectivity index (χ3v) is 7.05. The zero-order valence-corrected chi connectivity index (χ0v) is 23.1. The number of piperazine rings is 1. The second-order valence-corrected chi connectivity index (χ2v) is 9.62. The number of carbonyl (C=O) groups excluding carboxylic acids is 2. The predicted octanol–water partition coefficient (Wildman–Crippen LogP) is 4.60. The van der Waals surface area contributed by atoms with Gasteiger partial charge in [-0.05, 0) is 55.3 Å². The van der Waals surface area contributed by atoms with E-state index >= 15 is 0 Å². The first kappa shape index (κ1) is 29.9. The predicted molar refractivity (Wildman–Crippen MR) is 151 cm³/mol. The van der Waals surface area contributed by atoms with E-state index in [9.17, 15) is 22.8 Å². The minimum Gasteiger partial charge on any atom is -0.478 e. The van der Waals surface area contributed by atoms with Gasteiger partial charge in [-0.15, -0.1) is 0 Å². The lowest BCUT2D eigenvalue weighted by Crippen LogP contribution is -2.55. The van der Waals surface area contributed by atoms with Crippen LogP contribution in [0.3, 0.4) is 0 Å². The minimum absolute atomic E-state index is 0.199. The third kappa shape index (κ3) is 6.62. The molecule has 41 heavy (non-hydrogen) atoms. The molecule has 0 unspecified atom stereocenters. The quantitative estimate of drug-likeness (QED) is 0.391. The Hall–Kier alpha value is -4.12. The third-order valence-electron chi connectivity index (χ3n) is 7.05. The molecule has 2 amide bonds. The number of ether oxygens (including phenoxy) is 1. The lowest BCUT2D eigenvalue weighted by Gasteiger charge is -2.43. The Balaban J connectivity index is 1.67. The van der Waals surface area contributed by atoms with Crippen molar-refractivity contribution in [1.29, 1.82) is 0 Å². The molecule has 0 spiro atoms. The van der Waals surface area contributed by atoms with Gasteiger partial charge in [0.2, 0.25) is 5.88 Å². The zero-order valence-electron chi connectivity index (χ0n) is 23.1. The number of amides is 2. The van der Waals surface area contributed by atoms with Gasteiger partial charge >= 0.3 is 6.18 Å². The first-order valence-electron chi connectivity index (χ1n) is 13.6. The Bertz CT molecular complexity index is 1380. The smallest absolute Gasteiger partial charge is 0.417 e. The molecule has 1 aromatic heterocycles. The highest BCUT2D eigenvalue weighted by molar-refractivity contribution is 6.01. The van der Waals surface area contributed by atoms with Crippen LogP contribution in [0, 0.1) is 0 Å². The van der Waals surface area contributed by atoms with Crippen molar-refractivity contribution in [1.82, 2.24) is 15.2 Å². The van der Waals surface area contributed by atoms with Crippen molar-refractivity contribution < 1.29 is 27.5 Å². The summed E-state index contributed by atoms with van der Waals surface area (Å²) in [5.41, 5.74) is 6.88. The van der Waals surface area contributed by atoms with Crippen LogP contribution in [0.15, 0.2) is 60.8 Å². The highest BCUT2D eigenvalue weighted by Crippen LogP contribution is 2.35. The molecule has 2 heterocycles. The molecule has 0 radical (unpaired) electrons. The van der Waals surface area contributed by atoms with Gasteiger partial charge in [-0.2, -0.15) is 13.2 Å². The van der Waals surface area contributed by atoms with Crippen LogP contribution < -0.4 is 20.7 Å². The van der Waals surface area contributed by atoms with E-state index in [1.165, 1.54) is 23.1 Å². The fraction of sp³-hybridized carbons (Fsp3) is 0.367. The van der Waals surface area contributed by atoms with Gasteiger partial charge in [0.05, 0.1) is 23.3 Å². The van der Waals surface area contributed by atoms with E-state index in [1.807, 2.05) is 36.9 Å². The van der Waals surface area contributed by atoms with E-state index in [2.05, 4.69) is 10.3 Å². The second kappa shape index (κ2) is 13.0. The van der Waals surface area contributed by atoms with E-state index < -0.39 is 17.6 Å². The van der Waals surface area contributed by atoms with Gasteiger partial charge in [-0.3, -0.25) is 9.59 Å². The highest BCUT2D eigenvalue weighted by atomic mass is 19.4. The standard InChI is InChI=1S/C30H34F3N5O3/c1-3-21-19-37(29(40)23-8-5-6-10-25(23)30(31,32)33)16-17-38(21)26-12-11-20(18-24(26)27(39)35-15-13-34)22-9-7-14-36-28(22)41-4-2/h5-12,14,18,21H,3-4,13,15-17,19,34H2,1-2H3,(H,35,39)/t21-/m1/s1. The molecule has 0 bridgehead atoms. The second-order valence-electron chi connectivity index (χ2n) is 9.62. The maximum atomic E-state index is 13.6. The number of hydrogen-bond acceptors (Lipinski definition) is 6. The van der Waals surface area contributed by atoms with Crippen LogP contribution in [0.2, 0.25) is 0 Å². The molecule has 1 saturated heterocycles. The summed E-state index contributed by atoms with van der Waals surface area (Å²) in [6.07, 6.45) is -2.40. The van der Waals surface area contributed by atoms with E-state index in [4.69, 9.17) is 10.5 Å². The van der Waals surface area contributed by atoms with Gasteiger partial charge in [0, 0.05) is 56.2 Å². The van der Waals surface area contributed by atoms with Crippen LogP contribution in [0.5, 0.6) is 5.88 Å². The molecular formula is C30H34F3N5O3. The van der Waals surface area contributed by atoms with Crippen molar-refractivity contribution in [2.45, 2.75) is 32.5 Å². The summed E-state index contributed by atoms with van der Waals surface area (Å²) in [6, 6.07) is 13.8. The average molecular weight is 570 g/mol. The Morgan fingerprint density at radius 3 is 2.56 bits per heavy atom.